The van der Waals surface area contributed by atoms with Crippen LogP contribution in [-0.4, -0.2) is 24.0 Å². The number of nitrogens with one attached hydrogen (secondary N) is 1. The van der Waals surface area contributed by atoms with Crippen molar-refractivity contribution in [3.05, 3.63) is 29.1 Å². The van der Waals surface area contributed by atoms with Crippen LogP contribution in [0.5, 0.6) is 0 Å². The molecule has 1 N–H and O–H groups in total. The first kappa shape index (κ1) is 16.0. The fourth-order valence-corrected chi connectivity index (χ4v) is 3.73. The molecule has 0 spiro atoms. The van der Waals surface area contributed by atoms with Gasteiger partial charge in [-0.15, -0.1) is 11.3 Å². The maximum absolute atomic E-state index is 12.4. The minimum absolute atomic E-state index is 0.0295. The first-order chi connectivity index (χ1) is 11.1. The lowest BCUT2D eigenvalue weighted by atomic mass is 9.97. The van der Waals surface area contributed by atoms with Gasteiger partial charge in [-0.25, -0.2) is 4.98 Å². The molecular formula is C18H23N3OS. The summed E-state index contributed by atoms with van der Waals surface area (Å²) in [5, 5.41) is 6.29. The van der Waals surface area contributed by atoms with Crippen molar-refractivity contribution in [1.82, 2.24) is 4.98 Å². The smallest absolute Gasteiger partial charge is 0.229 e. The van der Waals surface area contributed by atoms with Crippen LogP contribution in [0.15, 0.2) is 23.6 Å². The molecule has 0 saturated carbocycles. The molecule has 2 heterocycles. The number of benzene rings is 1. The molecule has 0 radical (unpaired) electrons. The van der Waals surface area contributed by atoms with Crippen LogP contribution in [0.3, 0.4) is 0 Å². The van der Waals surface area contributed by atoms with Gasteiger partial charge >= 0.3 is 0 Å². The lowest BCUT2D eigenvalue weighted by molar-refractivity contribution is -0.121. The van der Waals surface area contributed by atoms with Crippen molar-refractivity contribution in [1.29, 1.82) is 0 Å². The zero-order valence-corrected chi connectivity index (χ0v) is 14.7. The predicted octanol–water partition coefficient (Wildman–Crippen LogP) is 4.18. The van der Waals surface area contributed by atoms with Crippen LogP contribution in [-0.2, 0) is 11.2 Å². The van der Waals surface area contributed by atoms with Crippen LogP contribution >= 0.6 is 11.3 Å². The Labute approximate surface area is 141 Å². The van der Waals surface area contributed by atoms with Gasteiger partial charge in [0.25, 0.3) is 0 Å². The molecule has 1 aromatic carbocycles. The van der Waals surface area contributed by atoms with E-state index >= 15 is 0 Å². The van der Waals surface area contributed by atoms with Crippen LogP contribution in [0.25, 0.3) is 11.3 Å². The molecule has 1 aliphatic rings. The van der Waals surface area contributed by atoms with Gasteiger partial charge in [-0.2, -0.15) is 0 Å². The molecule has 2 aromatic rings. The van der Waals surface area contributed by atoms with Crippen molar-refractivity contribution in [3.8, 4) is 11.3 Å². The largest absolute Gasteiger partial charge is 0.362 e. The highest BCUT2D eigenvalue weighted by atomic mass is 32.1. The van der Waals surface area contributed by atoms with Gasteiger partial charge in [-0.1, -0.05) is 19.9 Å². The van der Waals surface area contributed by atoms with Crippen molar-refractivity contribution in [2.75, 3.05) is 23.3 Å². The lowest BCUT2D eigenvalue weighted by Gasteiger charge is -2.31. The maximum atomic E-state index is 12.4. The summed E-state index contributed by atoms with van der Waals surface area (Å²) in [6.45, 7) is 7.69. The minimum Gasteiger partial charge on any atom is -0.362 e. The molecule has 122 valence electrons. The van der Waals surface area contributed by atoms with Crippen molar-refractivity contribution >= 4 is 28.1 Å². The Balaban J connectivity index is 1.91. The Morgan fingerprint density at radius 2 is 2.26 bits per heavy atom. The van der Waals surface area contributed by atoms with E-state index in [9.17, 15) is 4.79 Å². The summed E-state index contributed by atoms with van der Waals surface area (Å²) in [4.78, 5) is 19.0. The second kappa shape index (κ2) is 6.71. The number of amides is 1. The number of carbonyl (C=O) groups is 1. The molecule has 1 aromatic heterocycles. The molecule has 0 saturated heterocycles. The molecule has 0 bridgehead atoms. The number of hydrogen-bond donors (Lipinski definition) is 1. The molecular weight excluding hydrogens is 306 g/mol. The summed E-state index contributed by atoms with van der Waals surface area (Å²) in [5.74, 6) is 0.239. The predicted molar refractivity (Wildman–Crippen MR) is 97.2 cm³/mol. The van der Waals surface area contributed by atoms with Crippen LogP contribution < -0.4 is 10.2 Å². The average molecular weight is 329 g/mol. The molecule has 1 aliphatic heterocycles. The highest BCUT2D eigenvalue weighted by molar-refractivity contribution is 7.14. The van der Waals surface area contributed by atoms with E-state index in [1.54, 1.807) is 11.3 Å². The van der Waals surface area contributed by atoms with E-state index in [2.05, 4.69) is 40.8 Å². The summed E-state index contributed by atoms with van der Waals surface area (Å²) >= 11 is 1.63. The molecule has 4 nitrogen and oxygen atoms in total. The van der Waals surface area contributed by atoms with Crippen molar-refractivity contribution < 1.29 is 4.79 Å². The third-order valence-electron chi connectivity index (χ3n) is 4.09. The fraction of sp³-hybridized carbons (Fsp3) is 0.444. The van der Waals surface area contributed by atoms with Crippen molar-refractivity contribution in [2.24, 2.45) is 5.92 Å². The number of anilines is 2. The quantitative estimate of drug-likeness (QED) is 0.915. The van der Waals surface area contributed by atoms with E-state index in [0.717, 1.165) is 48.0 Å². The van der Waals surface area contributed by atoms with E-state index in [4.69, 9.17) is 0 Å². The van der Waals surface area contributed by atoms with Gasteiger partial charge in [-0.3, -0.25) is 4.79 Å². The highest BCUT2D eigenvalue weighted by Crippen LogP contribution is 2.33. The second-order valence-electron chi connectivity index (χ2n) is 6.16. The number of aromatic nitrogens is 1. The third-order valence-corrected chi connectivity index (χ3v) is 4.89. The summed E-state index contributed by atoms with van der Waals surface area (Å²) < 4.78 is 0. The SMILES string of the molecule is CCNc1nc(-c2ccc3c(c2)CCCN3C(=O)C(C)C)cs1. The number of fused-ring (bicyclic) bond motifs is 1. The van der Waals surface area contributed by atoms with Gasteiger partial charge in [0.15, 0.2) is 5.13 Å². The normalized spacial score (nSPS) is 14.0. The molecule has 0 unspecified atom stereocenters. The van der Waals surface area contributed by atoms with E-state index in [1.807, 2.05) is 18.7 Å². The highest BCUT2D eigenvalue weighted by Gasteiger charge is 2.24. The van der Waals surface area contributed by atoms with Gasteiger partial charge in [0.2, 0.25) is 5.91 Å². The Kier molecular flexibility index (Phi) is 4.66. The Morgan fingerprint density at radius 3 is 3.00 bits per heavy atom. The first-order valence-electron chi connectivity index (χ1n) is 8.24. The number of carbonyl (C=O) groups excluding carboxylic acids is 1. The average Bonchev–Trinajstić information content (AvgIpc) is 3.02. The molecule has 5 heteroatoms. The maximum Gasteiger partial charge on any atom is 0.229 e. The van der Waals surface area contributed by atoms with Crippen LogP contribution in [0, 0.1) is 5.92 Å². The van der Waals surface area contributed by atoms with Crippen molar-refractivity contribution in [2.45, 2.75) is 33.6 Å². The zero-order chi connectivity index (χ0) is 16.4. The van der Waals surface area contributed by atoms with Gasteiger partial charge < -0.3 is 10.2 Å². The molecule has 0 fully saturated rings. The van der Waals surface area contributed by atoms with Gasteiger partial charge in [0.1, 0.15) is 0 Å². The number of thiazole rings is 1. The number of rotatable bonds is 4. The molecule has 1 amide bonds. The zero-order valence-electron chi connectivity index (χ0n) is 13.9. The number of aryl methyl sites for hydroxylation is 1. The van der Waals surface area contributed by atoms with Gasteiger partial charge in [0, 0.05) is 35.6 Å². The fourth-order valence-electron chi connectivity index (χ4n) is 2.94. The topological polar surface area (TPSA) is 45.2 Å². The summed E-state index contributed by atoms with van der Waals surface area (Å²) in [6, 6.07) is 6.35. The van der Waals surface area contributed by atoms with E-state index in [1.165, 1.54) is 5.56 Å². The molecule has 0 aliphatic carbocycles. The monoisotopic (exact) mass is 329 g/mol. The van der Waals surface area contributed by atoms with Crippen molar-refractivity contribution in [3.63, 3.8) is 0 Å². The Bertz CT molecular complexity index is 708. The lowest BCUT2D eigenvalue weighted by Crippen LogP contribution is -2.38. The van der Waals surface area contributed by atoms with E-state index in [-0.39, 0.29) is 11.8 Å². The van der Waals surface area contributed by atoms with Crippen LogP contribution in [0.1, 0.15) is 32.8 Å². The standard InChI is InChI=1S/C18H23N3OS/c1-4-19-18-20-15(11-23-18)13-7-8-16-14(10-13)6-5-9-21(16)17(22)12(2)3/h7-8,10-12H,4-6,9H2,1-3H3,(H,19,20). The summed E-state index contributed by atoms with van der Waals surface area (Å²) in [7, 11) is 0. The summed E-state index contributed by atoms with van der Waals surface area (Å²) in [5.41, 5.74) is 4.45. The third kappa shape index (κ3) is 3.24. The van der Waals surface area contributed by atoms with Crippen LogP contribution in [0.4, 0.5) is 10.8 Å². The Hall–Kier alpha value is -1.88. The molecule has 0 atom stereocenters. The van der Waals surface area contributed by atoms with Gasteiger partial charge in [-0.05, 0) is 37.5 Å². The second-order valence-corrected chi connectivity index (χ2v) is 7.02. The molecule has 23 heavy (non-hydrogen) atoms. The Morgan fingerprint density at radius 1 is 1.43 bits per heavy atom. The first-order valence-corrected chi connectivity index (χ1v) is 9.12. The number of hydrogen-bond acceptors (Lipinski definition) is 4. The van der Waals surface area contributed by atoms with E-state index in [0.29, 0.717) is 0 Å². The van der Waals surface area contributed by atoms with Crippen LogP contribution in [0.2, 0.25) is 0 Å². The van der Waals surface area contributed by atoms with E-state index < -0.39 is 0 Å². The minimum atomic E-state index is 0.0295. The molecule has 3 rings (SSSR count). The summed E-state index contributed by atoms with van der Waals surface area (Å²) in [6.07, 6.45) is 2.05. The number of nitrogens with zero attached hydrogens (tertiary/aromatic N) is 2. The van der Waals surface area contributed by atoms with Gasteiger partial charge in [0.05, 0.1) is 5.69 Å².